The van der Waals surface area contributed by atoms with E-state index in [2.05, 4.69) is 35.8 Å². The van der Waals surface area contributed by atoms with Gasteiger partial charge in [0.05, 0.1) is 0 Å². The summed E-state index contributed by atoms with van der Waals surface area (Å²) >= 11 is 3.51. The lowest BCUT2D eigenvalue weighted by Crippen LogP contribution is -2.24. The second kappa shape index (κ2) is 5.26. The quantitative estimate of drug-likeness (QED) is 0.840. The zero-order valence-electron chi connectivity index (χ0n) is 12.2. The first kappa shape index (κ1) is 14.3. The average Bonchev–Trinajstić information content (AvgIpc) is 2.73. The minimum Gasteiger partial charge on any atom is -0.485 e. The van der Waals surface area contributed by atoms with Crippen LogP contribution in [0.15, 0.2) is 40.9 Å². The molecule has 0 atom stereocenters. The zero-order chi connectivity index (χ0) is 15.0. The van der Waals surface area contributed by atoms with E-state index in [0.29, 0.717) is 6.61 Å². The lowest BCUT2D eigenvalue weighted by Gasteiger charge is -2.18. The van der Waals surface area contributed by atoms with Crippen molar-refractivity contribution < 1.29 is 9.47 Å². The number of rotatable bonds is 3. The van der Waals surface area contributed by atoms with E-state index in [-0.39, 0.29) is 5.60 Å². The third-order valence-corrected chi connectivity index (χ3v) is 4.33. The Bertz CT molecular complexity index is 662. The van der Waals surface area contributed by atoms with Gasteiger partial charge in [0.1, 0.15) is 12.2 Å². The van der Waals surface area contributed by atoms with Crippen molar-refractivity contribution in [3.05, 3.63) is 52.0 Å². The van der Waals surface area contributed by atoms with Gasteiger partial charge in [-0.15, -0.1) is 0 Å². The van der Waals surface area contributed by atoms with Gasteiger partial charge in [-0.05, 0) is 32.0 Å². The highest BCUT2D eigenvalue weighted by molar-refractivity contribution is 9.10. The topological polar surface area (TPSA) is 44.5 Å². The maximum atomic E-state index is 6.01. The molecule has 0 fully saturated rings. The van der Waals surface area contributed by atoms with Crippen molar-refractivity contribution in [2.24, 2.45) is 0 Å². The molecule has 0 saturated heterocycles. The van der Waals surface area contributed by atoms with Crippen LogP contribution in [0.3, 0.4) is 0 Å². The fourth-order valence-electron chi connectivity index (χ4n) is 2.58. The number of halogens is 1. The molecule has 0 aromatic heterocycles. The molecule has 2 aromatic rings. The molecule has 0 spiro atoms. The molecule has 4 heteroatoms. The number of nitrogens with two attached hydrogens (primary N) is 1. The molecule has 3 rings (SSSR count). The van der Waals surface area contributed by atoms with Crippen LogP contribution in [0.4, 0.5) is 5.69 Å². The summed E-state index contributed by atoms with van der Waals surface area (Å²) in [5.74, 6) is 1.63. The number of ether oxygens (including phenoxy) is 2. The van der Waals surface area contributed by atoms with Crippen LogP contribution in [-0.2, 0) is 13.0 Å². The summed E-state index contributed by atoms with van der Waals surface area (Å²) in [4.78, 5) is 0. The van der Waals surface area contributed by atoms with E-state index >= 15 is 0 Å². The molecule has 0 bridgehead atoms. The van der Waals surface area contributed by atoms with Gasteiger partial charge in [-0.2, -0.15) is 0 Å². The Morgan fingerprint density at radius 3 is 2.76 bits per heavy atom. The molecule has 3 nitrogen and oxygen atoms in total. The van der Waals surface area contributed by atoms with Crippen molar-refractivity contribution in [1.82, 2.24) is 0 Å². The molecule has 110 valence electrons. The van der Waals surface area contributed by atoms with Crippen molar-refractivity contribution in [1.29, 1.82) is 0 Å². The Balaban J connectivity index is 1.83. The lowest BCUT2D eigenvalue weighted by atomic mass is 10.0. The molecular weight excluding hydrogens is 330 g/mol. The average molecular weight is 348 g/mol. The summed E-state index contributed by atoms with van der Waals surface area (Å²) in [6.45, 7) is 4.58. The number of para-hydroxylation sites is 1. The second-order valence-corrected chi connectivity index (χ2v) is 6.73. The lowest BCUT2D eigenvalue weighted by molar-refractivity contribution is 0.131. The van der Waals surface area contributed by atoms with Gasteiger partial charge in [0.25, 0.3) is 0 Å². The van der Waals surface area contributed by atoms with Gasteiger partial charge in [0, 0.05) is 27.7 Å². The van der Waals surface area contributed by atoms with E-state index in [0.717, 1.165) is 33.6 Å². The molecule has 1 aliphatic rings. The SMILES string of the molecule is CC1(C)Cc2cccc(OCc3c(N)cccc3Br)c2O1. The van der Waals surface area contributed by atoms with E-state index < -0.39 is 0 Å². The molecule has 2 N–H and O–H groups in total. The van der Waals surface area contributed by atoms with Crippen molar-refractivity contribution in [2.75, 3.05) is 5.73 Å². The fraction of sp³-hybridized carbons (Fsp3) is 0.294. The van der Waals surface area contributed by atoms with Crippen LogP contribution in [0.5, 0.6) is 11.5 Å². The number of nitrogen functional groups attached to an aromatic ring is 1. The van der Waals surface area contributed by atoms with Gasteiger partial charge in [-0.3, -0.25) is 0 Å². The number of hydrogen-bond acceptors (Lipinski definition) is 3. The zero-order valence-corrected chi connectivity index (χ0v) is 13.7. The molecule has 0 aliphatic carbocycles. The molecule has 1 aliphatic heterocycles. The van der Waals surface area contributed by atoms with Gasteiger partial charge in [0.15, 0.2) is 11.5 Å². The molecule has 1 heterocycles. The summed E-state index contributed by atoms with van der Waals surface area (Å²) in [5.41, 5.74) is 8.69. The van der Waals surface area contributed by atoms with Crippen LogP contribution in [0.2, 0.25) is 0 Å². The number of anilines is 1. The van der Waals surface area contributed by atoms with Gasteiger partial charge >= 0.3 is 0 Å². The Labute approximate surface area is 133 Å². The van der Waals surface area contributed by atoms with Crippen LogP contribution < -0.4 is 15.2 Å². The van der Waals surface area contributed by atoms with Gasteiger partial charge < -0.3 is 15.2 Å². The van der Waals surface area contributed by atoms with Gasteiger partial charge in [0.2, 0.25) is 0 Å². The van der Waals surface area contributed by atoms with Gasteiger partial charge in [-0.1, -0.05) is 34.1 Å². The van der Waals surface area contributed by atoms with Crippen LogP contribution in [0.1, 0.15) is 25.0 Å². The summed E-state index contributed by atoms with van der Waals surface area (Å²) < 4.78 is 12.9. The van der Waals surface area contributed by atoms with Crippen molar-refractivity contribution in [3.8, 4) is 11.5 Å². The predicted octanol–water partition coefficient (Wildman–Crippen LogP) is 4.32. The Hall–Kier alpha value is -1.68. The molecule has 0 radical (unpaired) electrons. The van der Waals surface area contributed by atoms with E-state index in [1.54, 1.807) is 0 Å². The van der Waals surface area contributed by atoms with Crippen LogP contribution in [-0.4, -0.2) is 5.60 Å². The van der Waals surface area contributed by atoms with E-state index in [4.69, 9.17) is 15.2 Å². The summed E-state index contributed by atoms with van der Waals surface area (Å²) in [5, 5.41) is 0. The smallest absolute Gasteiger partial charge is 0.165 e. The third-order valence-electron chi connectivity index (χ3n) is 3.58. The molecular formula is C17H18BrNO2. The maximum Gasteiger partial charge on any atom is 0.165 e. The Kier molecular flexibility index (Phi) is 3.57. The first-order valence-electron chi connectivity index (χ1n) is 6.93. The highest BCUT2D eigenvalue weighted by Gasteiger charge is 2.32. The van der Waals surface area contributed by atoms with E-state index in [1.807, 2.05) is 30.3 Å². The molecule has 2 aromatic carbocycles. The standard InChI is InChI=1S/C17H18BrNO2/c1-17(2)9-11-5-3-8-15(16(11)21-17)20-10-12-13(18)6-4-7-14(12)19/h3-8H,9-10,19H2,1-2H3. The summed E-state index contributed by atoms with van der Waals surface area (Å²) in [7, 11) is 0. The van der Waals surface area contributed by atoms with Crippen LogP contribution in [0, 0.1) is 0 Å². The van der Waals surface area contributed by atoms with E-state index in [1.165, 1.54) is 5.56 Å². The Morgan fingerprint density at radius 2 is 2.00 bits per heavy atom. The Morgan fingerprint density at radius 1 is 1.24 bits per heavy atom. The van der Waals surface area contributed by atoms with Gasteiger partial charge in [-0.25, -0.2) is 0 Å². The highest BCUT2D eigenvalue weighted by atomic mass is 79.9. The van der Waals surface area contributed by atoms with Crippen molar-refractivity contribution in [2.45, 2.75) is 32.5 Å². The minimum absolute atomic E-state index is 0.172. The number of fused-ring (bicyclic) bond motifs is 1. The first-order chi connectivity index (χ1) is 9.96. The largest absolute Gasteiger partial charge is 0.485 e. The predicted molar refractivity (Wildman–Crippen MR) is 87.7 cm³/mol. The number of benzene rings is 2. The van der Waals surface area contributed by atoms with E-state index in [9.17, 15) is 0 Å². The minimum atomic E-state index is -0.172. The van der Waals surface area contributed by atoms with Crippen LogP contribution >= 0.6 is 15.9 Å². The normalized spacial score (nSPS) is 15.4. The second-order valence-electron chi connectivity index (χ2n) is 5.88. The monoisotopic (exact) mass is 347 g/mol. The summed E-state index contributed by atoms with van der Waals surface area (Å²) in [6.07, 6.45) is 0.900. The highest BCUT2D eigenvalue weighted by Crippen LogP contribution is 2.42. The molecule has 0 saturated carbocycles. The molecule has 21 heavy (non-hydrogen) atoms. The summed E-state index contributed by atoms with van der Waals surface area (Å²) in [6, 6.07) is 11.8. The van der Waals surface area contributed by atoms with Crippen molar-refractivity contribution in [3.63, 3.8) is 0 Å². The third kappa shape index (κ3) is 2.86. The van der Waals surface area contributed by atoms with Crippen LogP contribution in [0.25, 0.3) is 0 Å². The number of hydrogen-bond donors (Lipinski definition) is 1. The van der Waals surface area contributed by atoms with Crippen molar-refractivity contribution >= 4 is 21.6 Å². The maximum absolute atomic E-state index is 6.01. The fourth-order valence-corrected chi connectivity index (χ4v) is 3.07. The molecule has 0 unspecified atom stereocenters. The first-order valence-corrected chi connectivity index (χ1v) is 7.72. The molecule has 0 amide bonds.